The molecule has 0 aliphatic carbocycles. The van der Waals surface area contributed by atoms with Gasteiger partial charge in [0.15, 0.2) is 5.96 Å². The normalized spacial score (nSPS) is 12.2. The van der Waals surface area contributed by atoms with Gasteiger partial charge in [-0.25, -0.2) is 9.97 Å². The zero-order valence-corrected chi connectivity index (χ0v) is 14.7. The van der Waals surface area contributed by atoms with E-state index in [0.29, 0.717) is 24.9 Å². The van der Waals surface area contributed by atoms with Crippen LogP contribution in [0.1, 0.15) is 22.9 Å². The van der Waals surface area contributed by atoms with Gasteiger partial charge in [0.1, 0.15) is 11.6 Å². The zero-order chi connectivity index (χ0) is 19.2. The average Bonchev–Trinajstić information content (AvgIpc) is 2.91. The van der Waals surface area contributed by atoms with Gasteiger partial charge in [0.2, 0.25) is 5.89 Å². The zero-order valence-electron chi connectivity index (χ0n) is 14.7. The van der Waals surface area contributed by atoms with E-state index in [1.165, 1.54) is 12.3 Å². The number of rotatable bonds is 6. The molecule has 26 heavy (non-hydrogen) atoms. The van der Waals surface area contributed by atoms with Gasteiger partial charge in [-0.2, -0.15) is 13.2 Å². The Balaban J connectivity index is 1.80. The number of nitrogens with one attached hydrogen (secondary N) is 3. The van der Waals surface area contributed by atoms with Crippen molar-refractivity contribution in [3.05, 3.63) is 41.2 Å². The minimum absolute atomic E-state index is 0.199. The fourth-order valence-electron chi connectivity index (χ4n) is 2.13. The summed E-state index contributed by atoms with van der Waals surface area (Å²) < 4.78 is 44.1. The number of aliphatic imine (C=N–C) groups is 1. The van der Waals surface area contributed by atoms with Crippen LogP contribution >= 0.6 is 0 Å². The first-order chi connectivity index (χ1) is 12.3. The molecule has 142 valence electrons. The highest BCUT2D eigenvalue weighted by Gasteiger charge is 2.33. The van der Waals surface area contributed by atoms with Gasteiger partial charge in [0, 0.05) is 26.3 Å². The van der Waals surface area contributed by atoms with E-state index in [1.54, 1.807) is 7.05 Å². The smallest absolute Gasteiger partial charge is 0.419 e. The lowest BCUT2D eigenvalue weighted by Gasteiger charge is -2.14. The molecule has 0 radical (unpaired) electrons. The van der Waals surface area contributed by atoms with Crippen molar-refractivity contribution in [1.82, 2.24) is 20.6 Å². The van der Waals surface area contributed by atoms with Crippen LogP contribution in [0.15, 0.2) is 27.7 Å². The number of aryl methyl sites for hydroxylation is 2. The van der Waals surface area contributed by atoms with E-state index in [4.69, 9.17) is 4.42 Å². The predicted octanol–water partition coefficient (Wildman–Crippen LogP) is 2.48. The number of aromatic nitrogens is 2. The van der Waals surface area contributed by atoms with Gasteiger partial charge in [-0.3, -0.25) is 4.99 Å². The highest BCUT2D eigenvalue weighted by Crippen LogP contribution is 2.33. The lowest BCUT2D eigenvalue weighted by atomic mass is 10.2. The summed E-state index contributed by atoms with van der Waals surface area (Å²) in [5.41, 5.74) is 0.0296. The molecule has 0 atom stereocenters. The summed E-state index contributed by atoms with van der Waals surface area (Å²) in [4.78, 5) is 12.0. The Morgan fingerprint density at radius 2 is 2.00 bits per heavy atom. The van der Waals surface area contributed by atoms with Crippen molar-refractivity contribution in [2.75, 3.05) is 25.5 Å². The number of guanidine groups is 1. The van der Waals surface area contributed by atoms with Gasteiger partial charge >= 0.3 is 6.18 Å². The van der Waals surface area contributed by atoms with Crippen molar-refractivity contribution < 1.29 is 17.6 Å². The standard InChI is InChI=1S/C16H21F3N6O/c1-10-11(2)26-13(25-10)9-24-15(20-3)23-8-7-22-14-12(16(17,18)19)5-4-6-21-14/h4-6H,7-9H2,1-3H3,(H,21,22)(H2,20,23,24). The van der Waals surface area contributed by atoms with Gasteiger partial charge in [-0.1, -0.05) is 0 Å². The molecule has 10 heteroatoms. The van der Waals surface area contributed by atoms with Crippen LogP contribution in [0, 0.1) is 13.8 Å². The Hall–Kier alpha value is -2.78. The summed E-state index contributed by atoms with van der Waals surface area (Å²) in [6.45, 7) is 4.61. The third-order valence-corrected chi connectivity index (χ3v) is 3.53. The van der Waals surface area contributed by atoms with Crippen LogP contribution in [0.25, 0.3) is 0 Å². The minimum atomic E-state index is -4.45. The summed E-state index contributed by atoms with van der Waals surface area (Å²) >= 11 is 0. The molecule has 0 saturated carbocycles. The SMILES string of the molecule is CN=C(NCCNc1ncccc1C(F)(F)F)NCc1nc(C)c(C)o1. The summed E-state index contributed by atoms with van der Waals surface area (Å²) in [6, 6.07) is 2.24. The molecule has 0 saturated heterocycles. The number of anilines is 1. The van der Waals surface area contributed by atoms with E-state index in [0.717, 1.165) is 17.5 Å². The molecule has 2 heterocycles. The highest BCUT2D eigenvalue weighted by molar-refractivity contribution is 5.79. The van der Waals surface area contributed by atoms with Crippen LogP contribution in [-0.2, 0) is 12.7 Å². The van der Waals surface area contributed by atoms with E-state index >= 15 is 0 Å². The number of pyridine rings is 1. The number of alkyl halides is 3. The van der Waals surface area contributed by atoms with E-state index < -0.39 is 11.7 Å². The summed E-state index contributed by atoms with van der Waals surface area (Å²) in [5.74, 6) is 1.57. The molecule has 0 unspecified atom stereocenters. The molecule has 0 amide bonds. The fraction of sp³-hybridized carbons (Fsp3) is 0.438. The van der Waals surface area contributed by atoms with E-state index in [-0.39, 0.29) is 12.4 Å². The first kappa shape index (κ1) is 19.5. The second-order valence-electron chi connectivity index (χ2n) is 5.43. The Bertz CT molecular complexity index is 737. The molecular weight excluding hydrogens is 349 g/mol. The number of nitrogens with zero attached hydrogens (tertiary/aromatic N) is 3. The maximum Gasteiger partial charge on any atom is 0.419 e. The lowest BCUT2D eigenvalue weighted by molar-refractivity contribution is -0.137. The van der Waals surface area contributed by atoms with Crippen molar-refractivity contribution in [3.63, 3.8) is 0 Å². The molecule has 0 aliphatic heterocycles. The monoisotopic (exact) mass is 370 g/mol. The van der Waals surface area contributed by atoms with Gasteiger partial charge in [0.25, 0.3) is 0 Å². The fourth-order valence-corrected chi connectivity index (χ4v) is 2.13. The molecule has 0 spiro atoms. The van der Waals surface area contributed by atoms with Crippen molar-refractivity contribution in [2.45, 2.75) is 26.6 Å². The Morgan fingerprint density at radius 1 is 1.23 bits per heavy atom. The first-order valence-corrected chi connectivity index (χ1v) is 7.94. The van der Waals surface area contributed by atoms with Gasteiger partial charge < -0.3 is 20.4 Å². The summed E-state index contributed by atoms with van der Waals surface area (Å²) in [7, 11) is 1.59. The van der Waals surface area contributed by atoms with Crippen LogP contribution in [0.4, 0.5) is 19.0 Å². The maximum absolute atomic E-state index is 12.9. The maximum atomic E-state index is 12.9. The third kappa shape index (κ3) is 5.36. The first-order valence-electron chi connectivity index (χ1n) is 7.94. The molecule has 2 aromatic rings. The molecule has 0 aromatic carbocycles. The summed E-state index contributed by atoms with van der Waals surface area (Å²) in [6.07, 6.45) is -3.14. The van der Waals surface area contributed by atoms with Crippen molar-refractivity contribution >= 4 is 11.8 Å². The molecule has 3 N–H and O–H groups in total. The van der Waals surface area contributed by atoms with Gasteiger partial charge in [-0.05, 0) is 26.0 Å². The number of oxazole rings is 1. The average molecular weight is 370 g/mol. The van der Waals surface area contributed by atoms with E-state index in [2.05, 4.69) is 30.9 Å². The van der Waals surface area contributed by atoms with Crippen LogP contribution < -0.4 is 16.0 Å². The van der Waals surface area contributed by atoms with Crippen molar-refractivity contribution in [2.24, 2.45) is 4.99 Å². The molecule has 0 fully saturated rings. The summed E-state index contributed by atoms with van der Waals surface area (Å²) in [5, 5.41) is 8.68. The molecular formula is C16H21F3N6O. The number of halogens is 3. The van der Waals surface area contributed by atoms with Gasteiger partial charge in [-0.15, -0.1) is 0 Å². The van der Waals surface area contributed by atoms with Crippen LogP contribution in [0.5, 0.6) is 0 Å². The van der Waals surface area contributed by atoms with E-state index in [1.807, 2.05) is 13.8 Å². The molecule has 0 bridgehead atoms. The molecule has 2 aromatic heterocycles. The largest absolute Gasteiger partial charge is 0.444 e. The van der Waals surface area contributed by atoms with E-state index in [9.17, 15) is 13.2 Å². The van der Waals surface area contributed by atoms with Gasteiger partial charge in [0.05, 0.1) is 17.8 Å². The van der Waals surface area contributed by atoms with Crippen LogP contribution in [0.2, 0.25) is 0 Å². The third-order valence-electron chi connectivity index (χ3n) is 3.53. The Morgan fingerprint density at radius 3 is 2.62 bits per heavy atom. The number of hydrogen-bond acceptors (Lipinski definition) is 5. The van der Waals surface area contributed by atoms with Crippen LogP contribution in [-0.4, -0.2) is 36.1 Å². The lowest BCUT2D eigenvalue weighted by Crippen LogP contribution is -2.39. The highest BCUT2D eigenvalue weighted by atomic mass is 19.4. The molecule has 7 nitrogen and oxygen atoms in total. The second kappa shape index (κ2) is 8.54. The minimum Gasteiger partial charge on any atom is -0.444 e. The molecule has 2 rings (SSSR count). The number of hydrogen-bond donors (Lipinski definition) is 3. The van der Waals surface area contributed by atoms with Crippen LogP contribution in [0.3, 0.4) is 0 Å². The Kier molecular flexibility index (Phi) is 6.42. The second-order valence-corrected chi connectivity index (χ2v) is 5.43. The predicted molar refractivity (Wildman–Crippen MR) is 91.9 cm³/mol. The van der Waals surface area contributed by atoms with Crippen molar-refractivity contribution in [3.8, 4) is 0 Å². The topological polar surface area (TPSA) is 87.4 Å². The molecule has 0 aliphatic rings. The van der Waals surface area contributed by atoms with Crippen molar-refractivity contribution in [1.29, 1.82) is 0 Å². The quantitative estimate of drug-likeness (QED) is 0.411. The Labute approximate surface area is 149 Å².